The van der Waals surface area contributed by atoms with Gasteiger partial charge in [0.15, 0.2) is 6.10 Å². The first-order chi connectivity index (χ1) is 41.0. The van der Waals surface area contributed by atoms with Gasteiger partial charge in [-0.25, -0.2) is 0 Å². The predicted octanol–water partition coefficient (Wildman–Crippen LogP) is 24.6. The average Bonchev–Trinajstić information content (AvgIpc) is 3.49. The molecule has 0 spiro atoms. The number of carbonyl (C=O) groups excluding carboxylic acids is 3. The van der Waals surface area contributed by atoms with Gasteiger partial charge >= 0.3 is 17.9 Å². The van der Waals surface area contributed by atoms with E-state index in [0.717, 1.165) is 116 Å². The van der Waals surface area contributed by atoms with Crippen molar-refractivity contribution in [3.63, 3.8) is 0 Å². The standard InChI is InChI=1S/C77H132O6/c1-4-7-10-13-16-19-22-25-28-30-32-34-36-37-38-39-41-42-44-46-49-52-55-58-61-64-67-70-76(79)82-73-74(72-81-75(78)69-66-63-60-57-54-51-48-27-24-21-18-15-12-9-6-3)83-77(80)71-68-65-62-59-56-53-50-47-45-43-40-35-33-31-29-26-23-20-17-14-11-8-5-2/h7,9-10,12,16,18-19,21,25,27-28,32,34,37-38,48,54,57,74H,4-6,8,11,13-15,17,20,22-24,26,29-31,33,35-36,39-47,49-53,55-56,58-73H2,1-3H3/b10-7-,12-9-,19-16-,21-18-,28-25-,34-32-,38-37-,48-27-,57-54-. The quantitative estimate of drug-likeness (QED) is 0.0261. The van der Waals surface area contributed by atoms with Crippen molar-refractivity contribution in [1.82, 2.24) is 0 Å². The SMILES string of the molecule is CC/C=C\C/C=C\C/C=C\C/C=C\C/C=C\CCCCCCCCCCCCCC(=O)OCC(COC(=O)CCCC/C=C\C/C=C\C/C=C\C/C=C\CC)OC(=O)CCCCCCCCCCCCCCCCCCCCCCCCC. The van der Waals surface area contributed by atoms with Crippen molar-refractivity contribution in [1.29, 1.82) is 0 Å². The van der Waals surface area contributed by atoms with Gasteiger partial charge in [0, 0.05) is 19.3 Å². The van der Waals surface area contributed by atoms with E-state index in [0.29, 0.717) is 19.3 Å². The van der Waals surface area contributed by atoms with Crippen LogP contribution in [0.2, 0.25) is 0 Å². The van der Waals surface area contributed by atoms with E-state index in [-0.39, 0.29) is 31.1 Å². The summed E-state index contributed by atoms with van der Waals surface area (Å²) in [7, 11) is 0. The average molecular weight is 1150 g/mol. The topological polar surface area (TPSA) is 78.9 Å². The molecule has 6 heteroatoms. The molecule has 0 rings (SSSR count). The first kappa shape index (κ1) is 79.1. The number of hydrogen-bond donors (Lipinski definition) is 0. The van der Waals surface area contributed by atoms with Gasteiger partial charge in [-0.2, -0.15) is 0 Å². The molecule has 1 unspecified atom stereocenters. The summed E-state index contributed by atoms with van der Waals surface area (Å²) in [6, 6.07) is 0. The van der Waals surface area contributed by atoms with Gasteiger partial charge in [-0.3, -0.25) is 14.4 Å². The molecule has 0 aromatic rings. The van der Waals surface area contributed by atoms with Crippen molar-refractivity contribution in [2.45, 2.75) is 348 Å². The molecule has 0 amide bonds. The highest BCUT2D eigenvalue weighted by Crippen LogP contribution is 2.18. The minimum atomic E-state index is -0.798. The molecule has 0 saturated carbocycles. The second-order valence-electron chi connectivity index (χ2n) is 23.4. The molecule has 1 atom stereocenters. The van der Waals surface area contributed by atoms with Crippen molar-refractivity contribution >= 4 is 17.9 Å². The van der Waals surface area contributed by atoms with Crippen LogP contribution in [0.25, 0.3) is 0 Å². The lowest BCUT2D eigenvalue weighted by Crippen LogP contribution is -2.30. The number of hydrogen-bond acceptors (Lipinski definition) is 6. The molecule has 0 N–H and O–H groups in total. The molecule has 0 bridgehead atoms. The molecular weight excluding hydrogens is 1020 g/mol. The summed E-state index contributed by atoms with van der Waals surface area (Å²) in [6.07, 6.45) is 96.9. The van der Waals surface area contributed by atoms with Crippen LogP contribution in [0.5, 0.6) is 0 Å². The van der Waals surface area contributed by atoms with E-state index in [4.69, 9.17) is 14.2 Å². The Morgan fingerprint density at radius 2 is 0.470 bits per heavy atom. The second kappa shape index (κ2) is 70.6. The van der Waals surface area contributed by atoms with Gasteiger partial charge in [0.25, 0.3) is 0 Å². The molecule has 0 aliphatic carbocycles. The first-order valence-corrected chi connectivity index (χ1v) is 35.4. The minimum absolute atomic E-state index is 0.0908. The Morgan fingerprint density at radius 1 is 0.253 bits per heavy atom. The summed E-state index contributed by atoms with van der Waals surface area (Å²) in [6.45, 7) is 6.42. The molecule has 0 fully saturated rings. The molecule has 0 aliphatic heterocycles. The first-order valence-electron chi connectivity index (χ1n) is 35.4. The van der Waals surface area contributed by atoms with E-state index in [1.165, 1.54) is 186 Å². The smallest absolute Gasteiger partial charge is 0.306 e. The Bertz CT molecular complexity index is 1660. The highest BCUT2D eigenvalue weighted by Gasteiger charge is 2.19. The summed E-state index contributed by atoms with van der Waals surface area (Å²) in [4.78, 5) is 38.4. The Morgan fingerprint density at radius 3 is 0.759 bits per heavy atom. The van der Waals surface area contributed by atoms with E-state index in [2.05, 4.69) is 130 Å². The molecule has 0 saturated heterocycles. The maximum absolute atomic E-state index is 13.0. The van der Waals surface area contributed by atoms with Gasteiger partial charge in [-0.1, -0.05) is 329 Å². The zero-order valence-corrected chi connectivity index (χ0v) is 54.7. The second-order valence-corrected chi connectivity index (χ2v) is 23.4. The Kier molecular flexibility index (Phi) is 67.2. The number of esters is 3. The lowest BCUT2D eigenvalue weighted by Gasteiger charge is -2.18. The van der Waals surface area contributed by atoms with Crippen molar-refractivity contribution in [2.75, 3.05) is 13.2 Å². The fourth-order valence-electron chi connectivity index (χ4n) is 10.1. The summed E-state index contributed by atoms with van der Waals surface area (Å²) in [5.41, 5.74) is 0. The van der Waals surface area contributed by atoms with Gasteiger partial charge in [-0.05, 0) is 103 Å². The largest absolute Gasteiger partial charge is 0.462 e. The highest BCUT2D eigenvalue weighted by atomic mass is 16.6. The van der Waals surface area contributed by atoms with E-state index in [9.17, 15) is 14.4 Å². The van der Waals surface area contributed by atoms with Crippen molar-refractivity contribution in [2.24, 2.45) is 0 Å². The van der Waals surface area contributed by atoms with Crippen LogP contribution in [0.3, 0.4) is 0 Å². The molecule has 0 heterocycles. The summed E-state index contributed by atoms with van der Waals surface area (Å²) in [5.74, 6) is -0.921. The zero-order valence-electron chi connectivity index (χ0n) is 54.7. The minimum Gasteiger partial charge on any atom is -0.462 e. The van der Waals surface area contributed by atoms with Gasteiger partial charge < -0.3 is 14.2 Å². The number of allylic oxidation sites excluding steroid dienone is 18. The zero-order chi connectivity index (χ0) is 59.9. The van der Waals surface area contributed by atoms with Crippen LogP contribution in [0.4, 0.5) is 0 Å². The fourth-order valence-corrected chi connectivity index (χ4v) is 10.1. The normalized spacial score (nSPS) is 12.8. The fraction of sp³-hybridized carbons (Fsp3) is 0.727. The molecule has 6 nitrogen and oxygen atoms in total. The van der Waals surface area contributed by atoms with E-state index < -0.39 is 6.10 Å². The summed E-state index contributed by atoms with van der Waals surface area (Å²) >= 11 is 0. The van der Waals surface area contributed by atoms with E-state index in [1.807, 2.05) is 0 Å². The van der Waals surface area contributed by atoms with Gasteiger partial charge in [0.2, 0.25) is 0 Å². The van der Waals surface area contributed by atoms with Crippen molar-refractivity contribution in [3.8, 4) is 0 Å². The van der Waals surface area contributed by atoms with Gasteiger partial charge in [0.05, 0.1) is 0 Å². The molecule has 0 radical (unpaired) electrons. The third-order valence-corrected chi connectivity index (χ3v) is 15.3. The Labute approximate surface area is 514 Å². The number of rotatable bonds is 64. The molecule has 476 valence electrons. The van der Waals surface area contributed by atoms with Crippen molar-refractivity contribution in [3.05, 3.63) is 109 Å². The molecule has 0 aliphatic rings. The third kappa shape index (κ3) is 68.7. The van der Waals surface area contributed by atoms with Crippen molar-refractivity contribution < 1.29 is 28.6 Å². The predicted molar refractivity (Wildman–Crippen MR) is 362 cm³/mol. The lowest BCUT2D eigenvalue weighted by atomic mass is 10.0. The molecular formula is C77H132O6. The van der Waals surface area contributed by atoms with Crippen LogP contribution in [-0.4, -0.2) is 37.2 Å². The van der Waals surface area contributed by atoms with Crippen LogP contribution in [0, 0.1) is 0 Å². The van der Waals surface area contributed by atoms with Gasteiger partial charge in [0.1, 0.15) is 13.2 Å². The van der Waals surface area contributed by atoms with Crippen LogP contribution in [0.15, 0.2) is 109 Å². The van der Waals surface area contributed by atoms with Crippen LogP contribution in [0.1, 0.15) is 342 Å². The van der Waals surface area contributed by atoms with E-state index in [1.54, 1.807) is 0 Å². The van der Waals surface area contributed by atoms with Gasteiger partial charge in [-0.15, -0.1) is 0 Å². The monoisotopic (exact) mass is 1150 g/mol. The third-order valence-electron chi connectivity index (χ3n) is 15.3. The molecule has 83 heavy (non-hydrogen) atoms. The van der Waals surface area contributed by atoms with Crippen LogP contribution >= 0.6 is 0 Å². The summed E-state index contributed by atoms with van der Waals surface area (Å²) < 4.78 is 17.0. The molecule has 0 aromatic carbocycles. The van der Waals surface area contributed by atoms with E-state index >= 15 is 0 Å². The number of carbonyl (C=O) groups is 3. The maximum Gasteiger partial charge on any atom is 0.306 e. The van der Waals surface area contributed by atoms with Crippen LogP contribution in [-0.2, 0) is 28.6 Å². The highest BCUT2D eigenvalue weighted by molar-refractivity contribution is 5.71. The van der Waals surface area contributed by atoms with Crippen LogP contribution < -0.4 is 0 Å². The lowest BCUT2D eigenvalue weighted by molar-refractivity contribution is -0.167. The number of ether oxygens (including phenoxy) is 3. The number of unbranched alkanes of at least 4 members (excludes halogenated alkanes) is 35. The molecule has 0 aromatic heterocycles. The summed E-state index contributed by atoms with van der Waals surface area (Å²) in [5, 5.41) is 0. The maximum atomic E-state index is 13.0. The Balaban J connectivity index is 4.33. The Hall–Kier alpha value is -3.93.